The third kappa shape index (κ3) is 3.65. The molecule has 1 amide bonds. The standard InChI is InChI=1S/C30H29FN2O7S/c1-38-23-8-3-19-16-24-30(35)12-10-22(32-25(34)9-2-18-11-15-39-17-18)28-29(30,26(19)27(23)40-28)13-14-33(24)41(36,37)21-6-4-20(31)5-7-21/h2-9,11,15,17,22,24,28,35H,10,12-14,16H2,1H3,(H,32,34)/b9-2+/t22-,24-,28+,29+,30-/m1/s1. The number of nitrogens with zero attached hydrogens (tertiary/aromatic N) is 1. The van der Waals surface area contributed by atoms with Crippen LogP contribution < -0.4 is 14.8 Å². The number of sulfonamides is 1. The summed E-state index contributed by atoms with van der Waals surface area (Å²) in [6.45, 7) is 0.129. The molecule has 2 aliphatic carbocycles. The molecule has 41 heavy (non-hydrogen) atoms. The minimum absolute atomic E-state index is 0.0238. The maximum Gasteiger partial charge on any atom is 0.244 e. The quantitative estimate of drug-likeness (QED) is 0.430. The fraction of sp³-hybridized carbons (Fsp3) is 0.367. The zero-order chi connectivity index (χ0) is 28.6. The average molecular weight is 581 g/mol. The van der Waals surface area contributed by atoms with Gasteiger partial charge in [0.2, 0.25) is 15.9 Å². The molecule has 3 heterocycles. The molecule has 4 aliphatic rings. The lowest BCUT2D eigenvalue weighted by Crippen LogP contribution is -2.78. The lowest BCUT2D eigenvalue weighted by Gasteiger charge is -2.63. The molecule has 0 radical (unpaired) electrons. The SMILES string of the molecule is COc1ccc2c3c1O[C@H]1[C@H](NC(=O)/C=C/c4ccoc4)CC[C@@]4(O)[C@@H](C2)N(S(=O)(=O)c2ccc(F)cc2)CC[C@]314. The lowest BCUT2D eigenvalue weighted by atomic mass is 9.48. The van der Waals surface area contributed by atoms with Crippen molar-refractivity contribution in [3.05, 3.63) is 83.6 Å². The number of furan rings is 1. The van der Waals surface area contributed by atoms with E-state index in [4.69, 9.17) is 13.9 Å². The number of hydrogen-bond donors (Lipinski definition) is 2. The van der Waals surface area contributed by atoms with E-state index >= 15 is 0 Å². The summed E-state index contributed by atoms with van der Waals surface area (Å²) in [5, 5.41) is 15.7. The second-order valence-corrected chi connectivity index (χ2v) is 13.0. The molecule has 2 bridgehead atoms. The zero-order valence-electron chi connectivity index (χ0n) is 22.2. The Morgan fingerprint density at radius 1 is 1.20 bits per heavy atom. The van der Waals surface area contributed by atoms with Crippen LogP contribution in [0.2, 0.25) is 0 Å². The van der Waals surface area contributed by atoms with Crippen molar-refractivity contribution in [1.82, 2.24) is 9.62 Å². The fourth-order valence-electron chi connectivity index (χ4n) is 7.61. The monoisotopic (exact) mass is 580 g/mol. The van der Waals surface area contributed by atoms with Crippen molar-refractivity contribution >= 4 is 22.0 Å². The lowest BCUT2D eigenvalue weighted by molar-refractivity contribution is -0.177. The second kappa shape index (κ2) is 9.17. The van der Waals surface area contributed by atoms with E-state index in [1.54, 1.807) is 25.3 Å². The van der Waals surface area contributed by atoms with Crippen molar-refractivity contribution in [1.29, 1.82) is 0 Å². The summed E-state index contributed by atoms with van der Waals surface area (Å²) in [5.41, 5.74) is 0.0345. The van der Waals surface area contributed by atoms with Crippen LogP contribution in [0, 0.1) is 5.82 Å². The van der Waals surface area contributed by atoms with E-state index in [1.165, 1.54) is 35.0 Å². The Labute approximate surface area is 236 Å². The van der Waals surface area contributed by atoms with Gasteiger partial charge >= 0.3 is 0 Å². The first-order valence-corrected chi connectivity index (χ1v) is 15.0. The number of nitrogens with one attached hydrogen (secondary N) is 1. The summed E-state index contributed by atoms with van der Waals surface area (Å²) >= 11 is 0. The van der Waals surface area contributed by atoms with Crippen LogP contribution in [0.1, 0.15) is 36.0 Å². The molecule has 1 saturated carbocycles. The molecule has 3 aromatic rings. The van der Waals surface area contributed by atoms with Gasteiger partial charge in [0.05, 0.1) is 47.6 Å². The van der Waals surface area contributed by atoms with Crippen LogP contribution in [0.5, 0.6) is 11.5 Å². The van der Waals surface area contributed by atoms with Crippen molar-refractivity contribution in [2.24, 2.45) is 0 Å². The number of halogens is 1. The number of methoxy groups -OCH3 is 1. The molecule has 2 aliphatic heterocycles. The molecule has 0 unspecified atom stereocenters. The van der Waals surface area contributed by atoms with Gasteiger partial charge in [0.25, 0.3) is 0 Å². The molecule has 1 saturated heterocycles. The van der Waals surface area contributed by atoms with Crippen LogP contribution >= 0.6 is 0 Å². The van der Waals surface area contributed by atoms with Gasteiger partial charge in [-0.2, -0.15) is 4.31 Å². The van der Waals surface area contributed by atoms with Gasteiger partial charge in [-0.15, -0.1) is 0 Å². The van der Waals surface area contributed by atoms with Gasteiger partial charge in [-0.05, 0) is 73.7 Å². The topological polar surface area (TPSA) is 118 Å². The number of carbonyl (C=O) groups excluding carboxylic acids is 1. The van der Waals surface area contributed by atoms with Gasteiger partial charge < -0.3 is 24.3 Å². The predicted octanol–water partition coefficient (Wildman–Crippen LogP) is 3.17. The first-order valence-electron chi connectivity index (χ1n) is 13.6. The maximum absolute atomic E-state index is 13.9. The molecule has 1 aromatic heterocycles. The highest BCUT2D eigenvalue weighted by atomic mass is 32.2. The minimum Gasteiger partial charge on any atom is -0.493 e. The van der Waals surface area contributed by atoms with Gasteiger partial charge in [-0.3, -0.25) is 4.79 Å². The largest absolute Gasteiger partial charge is 0.493 e. The molecule has 2 fully saturated rings. The van der Waals surface area contributed by atoms with Crippen molar-refractivity contribution in [3.8, 4) is 11.5 Å². The van der Waals surface area contributed by atoms with Crippen molar-refractivity contribution in [2.45, 2.75) is 59.8 Å². The van der Waals surface area contributed by atoms with E-state index in [2.05, 4.69) is 5.32 Å². The van der Waals surface area contributed by atoms with Crippen molar-refractivity contribution in [2.75, 3.05) is 13.7 Å². The van der Waals surface area contributed by atoms with Crippen molar-refractivity contribution < 1.29 is 36.6 Å². The second-order valence-electron chi connectivity index (χ2n) is 11.1. The molecular weight excluding hydrogens is 551 g/mol. The Morgan fingerprint density at radius 3 is 2.73 bits per heavy atom. The Kier molecular flexibility index (Phi) is 5.87. The Hall–Kier alpha value is -3.67. The molecule has 7 rings (SSSR count). The number of amides is 1. The molecule has 214 valence electrons. The van der Waals surface area contributed by atoms with Crippen LogP contribution in [0.3, 0.4) is 0 Å². The number of aliphatic hydroxyl groups is 1. The van der Waals surface area contributed by atoms with Crippen LogP contribution in [-0.4, -0.2) is 61.2 Å². The van der Waals surface area contributed by atoms with Gasteiger partial charge in [0, 0.05) is 23.7 Å². The molecule has 9 nitrogen and oxygen atoms in total. The Balaban J connectivity index is 1.29. The van der Waals surface area contributed by atoms with Crippen LogP contribution in [0.15, 0.2) is 70.4 Å². The average Bonchev–Trinajstić information content (AvgIpc) is 3.59. The van der Waals surface area contributed by atoms with Gasteiger partial charge in [0.1, 0.15) is 11.9 Å². The first kappa shape index (κ1) is 26.2. The number of piperidine rings is 1. The highest BCUT2D eigenvalue weighted by molar-refractivity contribution is 7.89. The highest BCUT2D eigenvalue weighted by Gasteiger charge is 2.74. The molecule has 2 aromatic carbocycles. The summed E-state index contributed by atoms with van der Waals surface area (Å²) in [6.07, 6.45) is 6.67. The molecular formula is C30H29FN2O7S. The number of benzene rings is 2. The number of hydrogen-bond acceptors (Lipinski definition) is 7. The molecule has 11 heteroatoms. The van der Waals surface area contributed by atoms with E-state index < -0.39 is 45.0 Å². The van der Waals surface area contributed by atoms with Gasteiger partial charge in [-0.25, -0.2) is 12.8 Å². The maximum atomic E-state index is 13.9. The smallest absolute Gasteiger partial charge is 0.244 e. The first-order chi connectivity index (χ1) is 19.7. The highest BCUT2D eigenvalue weighted by Crippen LogP contribution is 2.65. The van der Waals surface area contributed by atoms with E-state index in [0.29, 0.717) is 17.9 Å². The van der Waals surface area contributed by atoms with E-state index in [9.17, 15) is 22.7 Å². The van der Waals surface area contributed by atoms with Crippen LogP contribution in [0.25, 0.3) is 6.08 Å². The van der Waals surface area contributed by atoms with Gasteiger partial charge in [-0.1, -0.05) is 6.07 Å². The summed E-state index contributed by atoms with van der Waals surface area (Å²) in [7, 11) is -2.49. The van der Waals surface area contributed by atoms with E-state index in [-0.39, 0.29) is 36.6 Å². The summed E-state index contributed by atoms with van der Waals surface area (Å²) in [6, 6.07) is 8.97. The number of carbonyl (C=O) groups is 1. The third-order valence-electron chi connectivity index (χ3n) is 9.34. The van der Waals surface area contributed by atoms with Crippen LogP contribution in [-0.2, 0) is 26.7 Å². The number of rotatable bonds is 6. The third-order valence-corrected chi connectivity index (χ3v) is 11.3. The zero-order valence-corrected chi connectivity index (χ0v) is 23.1. The predicted molar refractivity (Wildman–Crippen MR) is 145 cm³/mol. The fourth-order valence-corrected chi connectivity index (χ4v) is 9.27. The van der Waals surface area contributed by atoms with E-state index in [1.807, 2.05) is 6.07 Å². The molecule has 1 spiro atoms. The summed E-state index contributed by atoms with van der Waals surface area (Å²) in [5.74, 6) is 0.226. The summed E-state index contributed by atoms with van der Waals surface area (Å²) < 4.78 is 60.0. The van der Waals surface area contributed by atoms with E-state index in [0.717, 1.165) is 28.8 Å². The van der Waals surface area contributed by atoms with Crippen molar-refractivity contribution in [3.63, 3.8) is 0 Å². The van der Waals surface area contributed by atoms with Gasteiger partial charge in [0.15, 0.2) is 11.5 Å². The summed E-state index contributed by atoms with van der Waals surface area (Å²) in [4.78, 5) is 13.0. The molecule has 2 N–H and O–H groups in total. The molecule has 5 atom stereocenters. The van der Waals surface area contributed by atoms with Crippen LogP contribution in [0.4, 0.5) is 4.39 Å². The normalized spacial score (nSPS) is 30.1. The minimum atomic E-state index is -4.04. The number of ether oxygens (including phenoxy) is 2. The Bertz CT molecular complexity index is 1660. The Morgan fingerprint density at radius 2 is 2.00 bits per heavy atom.